The lowest BCUT2D eigenvalue weighted by atomic mass is 9.99. The lowest BCUT2D eigenvalue weighted by molar-refractivity contribution is 0.0498. The minimum atomic E-state index is -3.70. The van der Waals surface area contributed by atoms with E-state index >= 15 is 0 Å². The molecule has 0 aliphatic carbocycles. The summed E-state index contributed by atoms with van der Waals surface area (Å²) in [4.78, 5) is 23.7. The average Bonchev–Trinajstić information content (AvgIpc) is 2.86. The Hall–Kier alpha value is -2.37. The highest BCUT2D eigenvalue weighted by molar-refractivity contribution is 7.92. The van der Waals surface area contributed by atoms with Crippen molar-refractivity contribution >= 4 is 22.0 Å². The first-order chi connectivity index (χ1) is 18.2. The number of carbonyl (C=O) groups is 2. The van der Waals surface area contributed by atoms with Crippen LogP contribution >= 0.6 is 0 Å². The molecule has 0 aromatic heterocycles. The highest BCUT2D eigenvalue weighted by Crippen LogP contribution is 2.25. The fourth-order valence-electron chi connectivity index (χ4n) is 4.41. The van der Waals surface area contributed by atoms with E-state index in [1.165, 1.54) is 12.8 Å². The number of piperidine rings is 2. The SMILES string of the molecule is CC(C)(C)OC(=O)NC(C1CCCNC1)S(=O)(=O)c1ccccc1.CC(C)(C)OC(=O)NCC1CCCNC1. The number of ether oxygens (including phenoxy) is 2. The van der Waals surface area contributed by atoms with Crippen LogP contribution in [-0.2, 0) is 19.3 Å². The Kier molecular flexibility index (Phi) is 12.5. The van der Waals surface area contributed by atoms with Gasteiger partial charge in [0.25, 0.3) is 0 Å². The molecule has 4 N–H and O–H groups in total. The van der Waals surface area contributed by atoms with Crippen LogP contribution in [0, 0.1) is 11.8 Å². The Morgan fingerprint density at radius 3 is 1.97 bits per heavy atom. The van der Waals surface area contributed by atoms with Crippen molar-refractivity contribution in [2.45, 2.75) is 88.7 Å². The quantitative estimate of drug-likeness (QED) is 0.407. The van der Waals surface area contributed by atoms with Gasteiger partial charge in [-0.25, -0.2) is 18.0 Å². The highest BCUT2D eigenvalue weighted by atomic mass is 32.2. The van der Waals surface area contributed by atoms with E-state index in [0.29, 0.717) is 19.0 Å². The van der Waals surface area contributed by atoms with Crippen LogP contribution < -0.4 is 21.3 Å². The van der Waals surface area contributed by atoms with Gasteiger partial charge in [-0.2, -0.15) is 0 Å². The third kappa shape index (κ3) is 12.6. The first-order valence-electron chi connectivity index (χ1n) is 13.8. The zero-order valence-electron chi connectivity index (χ0n) is 24.3. The van der Waals surface area contributed by atoms with Crippen LogP contribution in [0.4, 0.5) is 9.59 Å². The van der Waals surface area contributed by atoms with Crippen molar-refractivity contribution in [3.63, 3.8) is 0 Å². The van der Waals surface area contributed by atoms with Gasteiger partial charge in [0.05, 0.1) is 4.90 Å². The number of sulfone groups is 1. The largest absolute Gasteiger partial charge is 0.444 e. The van der Waals surface area contributed by atoms with Crippen molar-refractivity contribution in [3.8, 4) is 0 Å². The lowest BCUT2D eigenvalue weighted by Gasteiger charge is -2.31. The molecule has 2 aliphatic rings. The van der Waals surface area contributed by atoms with Gasteiger partial charge in [-0.3, -0.25) is 0 Å². The first-order valence-corrected chi connectivity index (χ1v) is 15.4. The predicted molar refractivity (Wildman–Crippen MR) is 152 cm³/mol. The fraction of sp³-hybridized carbons (Fsp3) is 0.714. The number of benzene rings is 1. The topological polar surface area (TPSA) is 135 Å². The fourth-order valence-corrected chi connectivity index (χ4v) is 6.23. The van der Waals surface area contributed by atoms with E-state index in [-0.39, 0.29) is 16.9 Å². The van der Waals surface area contributed by atoms with E-state index in [9.17, 15) is 18.0 Å². The standard InChI is InChI=1S/C17H26N2O4S.C11H22N2O2/c1-17(2,3)23-16(20)19-15(13-8-7-11-18-12-13)24(21,22)14-9-5-4-6-10-14;1-11(2,3)15-10(14)13-8-9-5-4-6-12-7-9/h4-6,9-10,13,15,18H,7-8,11-12H2,1-3H3,(H,19,20);9,12H,4-8H2,1-3H3,(H,13,14). The molecule has 2 heterocycles. The molecule has 222 valence electrons. The maximum Gasteiger partial charge on any atom is 0.408 e. The van der Waals surface area contributed by atoms with Gasteiger partial charge in [-0.05, 0) is 105 Å². The van der Waals surface area contributed by atoms with Gasteiger partial charge in [0.15, 0.2) is 9.84 Å². The van der Waals surface area contributed by atoms with Gasteiger partial charge >= 0.3 is 12.2 Å². The van der Waals surface area contributed by atoms with Crippen LogP contribution in [0.15, 0.2) is 35.2 Å². The maximum atomic E-state index is 13.0. The second kappa shape index (κ2) is 14.9. The number of amides is 2. The van der Waals surface area contributed by atoms with Crippen LogP contribution in [0.5, 0.6) is 0 Å². The minimum absolute atomic E-state index is 0.198. The molecule has 1 aromatic carbocycles. The normalized spacial score (nSPS) is 21.0. The molecule has 0 radical (unpaired) electrons. The summed E-state index contributed by atoms with van der Waals surface area (Å²) < 4.78 is 36.5. The highest BCUT2D eigenvalue weighted by Gasteiger charge is 2.37. The Morgan fingerprint density at radius 2 is 1.46 bits per heavy atom. The summed E-state index contributed by atoms with van der Waals surface area (Å²) in [6.45, 7) is 15.1. The van der Waals surface area contributed by atoms with Crippen molar-refractivity contribution in [2.75, 3.05) is 32.7 Å². The zero-order chi connectivity index (χ0) is 29.1. The second-order valence-corrected chi connectivity index (χ2v) is 14.2. The summed E-state index contributed by atoms with van der Waals surface area (Å²) in [5, 5.41) is 10.9. The maximum absolute atomic E-state index is 13.0. The molecule has 3 atom stereocenters. The molecule has 0 spiro atoms. The van der Waals surface area contributed by atoms with Gasteiger partial charge in [0, 0.05) is 19.0 Å². The summed E-state index contributed by atoms with van der Waals surface area (Å²) in [7, 11) is -3.70. The summed E-state index contributed by atoms with van der Waals surface area (Å²) in [5.74, 6) is 0.350. The molecule has 0 bridgehead atoms. The van der Waals surface area contributed by atoms with E-state index in [0.717, 1.165) is 32.5 Å². The molecule has 2 fully saturated rings. The Morgan fingerprint density at radius 1 is 0.897 bits per heavy atom. The average molecular weight is 569 g/mol. The molecule has 10 nitrogen and oxygen atoms in total. The summed E-state index contributed by atoms with van der Waals surface area (Å²) in [6.07, 6.45) is 2.97. The molecule has 1 aromatic rings. The molecule has 11 heteroatoms. The van der Waals surface area contributed by atoms with E-state index < -0.39 is 32.5 Å². The summed E-state index contributed by atoms with van der Waals surface area (Å²) in [5.41, 5.74) is -1.09. The third-order valence-electron chi connectivity index (χ3n) is 6.16. The van der Waals surface area contributed by atoms with Crippen LogP contribution in [0.25, 0.3) is 0 Å². The van der Waals surface area contributed by atoms with E-state index in [2.05, 4.69) is 21.3 Å². The van der Waals surface area contributed by atoms with Gasteiger partial charge in [-0.1, -0.05) is 18.2 Å². The molecule has 2 saturated heterocycles. The number of nitrogens with one attached hydrogen (secondary N) is 4. The number of carbonyl (C=O) groups excluding carboxylic acids is 2. The van der Waals surface area contributed by atoms with Crippen molar-refractivity contribution in [2.24, 2.45) is 11.8 Å². The van der Waals surface area contributed by atoms with E-state index in [1.54, 1.807) is 51.1 Å². The molecule has 2 amide bonds. The van der Waals surface area contributed by atoms with Crippen LogP contribution in [0.1, 0.15) is 67.2 Å². The summed E-state index contributed by atoms with van der Waals surface area (Å²) >= 11 is 0. The van der Waals surface area contributed by atoms with Gasteiger partial charge < -0.3 is 30.7 Å². The number of rotatable bonds is 6. The lowest BCUT2D eigenvalue weighted by Crippen LogP contribution is -2.51. The predicted octanol–water partition coefficient (Wildman–Crippen LogP) is 3.82. The molecule has 3 unspecified atom stereocenters. The first kappa shape index (κ1) is 32.8. The van der Waals surface area contributed by atoms with Gasteiger partial charge in [0.1, 0.15) is 16.6 Å². The third-order valence-corrected chi connectivity index (χ3v) is 8.26. The molecule has 2 aliphatic heterocycles. The zero-order valence-corrected chi connectivity index (χ0v) is 25.2. The Labute approximate surface area is 234 Å². The van der Waals surface area contributed by atoms with Crippen molar-refractivity contribution in [1.82, 2.24) is 21.3 Å². The van der Waals surface area contributed by atoms with Gasteiger partial charge in [-0.15, -0.1) is 0 Å². The van der Waals surface area contributed by atoms with Gasteiger partial charge in [0.2, 0.25) is 0 Å². The number of hydrogen-bond donors (Lipinski definition) is 4. The Bertz CT molecular complexity index is 993. The summed E-state index contributed by atoms with van der Waals surface area (Å²) in [6, 6.07) is 8.22. The van der Waals surface area contributed by atoms with E-state index in [4.69, 9.17) is 9.47 Å². The van der Waals surface area contributed by atoms with Crippen LogP contribution in [0.2, 0.25) is 0 Å². The molecular formula is C28H48N4O6S. The van der Waals surface area contributed by atoms with Crippen molar-refractivity contribution in [3.05, 3.63) is 30.3 Å². The Balaban J connectivity index is 0.000000306. The van der Waals surface area contributed by atoms with Crippen LogP contribution in [-0.4, -0.2) is 69.9 Å². The van der Waals surface area contributed by atoms with Crippen molar-refractivity contribution in [1.29, 1.82) is 0 Å². The number of hydrogen-bond acceptors (Lipinski definition) is 8. The monoisotopic (exact) mass is 568 g/mol. The second-order valence-electron chi connectivity index (χ2n) is 12.1. The molecular weight excluding hydrogens is 520 g/mol. The molecule has 0 saturated carbocycles. The smallest absolute Gasteiger partial charge is 0.408 e. The van der Waals surface area contributed by atoms with Crippen molar-refractivity contribution < 1.29 is 27.5 Å². The molecule has 39 heavy (non-hydrogen) atoms. The van der Waals surface area contributed by atoms with Crippen LogP contribution in [0.3, 0.4) is 0 Å². The van der Waals surface area contributed by atoms with E-state index in [1.807, 2.05) is 20.8 Å². The number of alkyl carbamates (subject to hydrolysis) is 2. The molecule has 3 rings (SSSR count). The minimum Gasteiger partial charge on any atom is -0.444 e.